The van der Waals surface area contributed by atoms with E-state index in [2.05, 4.69) is 29.6 Å². The summed E-state index contributed by atoms with van der Waals surface area (Å²) in [6.07, 6.45) is -0.720. The van der Waals surface area contributed by atoms with Crippen LogP contribution in [0, 0.1) is 0 Å². The van der Waals surface area contributed by atoms with Gasteiger partial charge in [-0.2, -0.15) is 11.8 Å². The summed E-state index contributed by atoms with van der Waals surface area (Å²) in [5.74, 6) is -0.156. The van der Waals surface area contributed by atoms with Crippen LogP contribution in [0.3, 0.4) is 0 Å². The van der Waals surface area contributed by atoms with Crippen LogP contribution in [0.2, 0.25) is 0 Å². The summed E-state index contributed by atoms with van der Waals surface area (Å²) < 4.78 is 5.12. The van der Waals surface area contributed by atoms with E-state index in [1.165, 1.54) is 11.8 Å². The van der Waals surface area contributed by atoms with E-state index in [0.717, 1.165) is 16.7 Å². The van der Waals surface area contributed by atoms with Crippen LogP contribution in [0.4, 0.5) is 4.79 Å². The molecule has 6 heteroatoms. The van der Waals surface area contributed by atoms with Gasteiger partial charge in [0, 0.05) is 11.5 Å². The molecule has 1 amide bonds. The van der Waals surface area contributed by atoms with Crippen LogP contribution >= 0.6 is 11.8 Å². The zero-order valence-electron chi connectivity index (χ0n) is 15.8. The topological polar surface area (TPSA) is 75.6 Å². The highest BCUT2D eigenvalue weighted by Crippen LogP contribution is 2.21. The summed E-state index contributed by atoms with van der Waals surface area (Å²) in [7, 11) is 0. The molecule has 1 atom stereocenters. The molecule has 0 aliphatic heterocycles. The molecular weight excluding hydrogens is 362 g/mol. The van der Waals surface area contributed by atoms with Gasteiger partial charge in [0.1, 0.15) is 11.6 Å². The number of aliphatic carboxylic acids is 1. The third-order valence-corrected chi connectivity index (χ3v) is 4.71. The molecule has 144 valence electrons. The van der Waals surface area contributed by atoms with Gasteiger partial charge in [0.25, 0.3) is 0 Å². The van der Waals surface area contributed by atoms with Gasteiger partial charge < -0.3 is 15.2 Å². The van der Waals surface area contributed by atoms with Gasteiger partial charge in [-0.3, -0.25) is 0 Å². The van der Waals surface area contributed by atoms with Crippen LogP contribution in [-0.4, -0.2) is 34.6 Å². The predicted molar refractivity (Wildman–Crippen MR) is 109 cm³/mol. The Morgan fingerprint density at radius 1 is 1.04 bits per heavy atom. The first-order valence-electron chi connectivity index (χ1n) is 8.69. The third-order valence-electron chi connectivity index (χ3n) is 3.60. The van der Waals surface area contributed by atoms with Crippen molar-refractivity contribution in [2.75, 3.05) is 5.75 Å². The normalized spacial score (nSPS) is 12.3. The van der Waals surface area contributed by atoms with Crippen molar-refractivity contribution in [3.63, 3.8) is 0 Å². The minimum absolute atomic E-state index is 0.259. The average molecular weight is 388 g/mol. The zero-order chi connectivity index (χ0) is 19.9. The highest BCUT2D eigenvalue weighted by molar-refractivity contribution is 7.98. The SMILES string of the molecule is CC(C)(C)OC(=O)NC(CSCc1ccc(-c2ccccc2)cc1)C(=O)O. The average Bonchev–Trinajstić information content (AvgIpc) is 2.60. The largest absolute Gasteiger partial charge is 0.480 e. The Bertz CT molecular complexity index is 754. The van der Waals surface area contributed by atoms with Gasteiger partial charge in [-0.05, 0) is 37.5 Å². The molecular formula is C21H25NO4S. The maximum Gasteiger partial charge on any atom is 0.408 e. The van der Waals surface area contributed by atoms with E-state index in [1.807, 2.05) is 30.3 Å². The molecule has 2 aromatic rings. The second-order valence-corrected chi connectivity index (χ2v) is 8.15. The first kappa shape index (κ1) is 20.8. The van der Waals surface area contributed by atoms with Crippen molar-refractivity contribution < 1.29 is 19.4 Å². The Morgan fingerprint density at radius 2 is 1.63 bits per heavy atom. The van der Waals surface area contributed by atoms with E-state index in [9.17, 15) is 14.7 Å². The molecule has 0 aliphatic carbocycles. The van der Waals surface area contributed by atoms with E-state index in [-0.39, 0.29) is 5.75 Å². The van der Waals surface area contributed by atoms with Gasteiger partial charge in [-0.15, -0.1) is 0 Å². The lowest BCUT2D eigenvalue weighted by Crippen LogP contribution is -2.44. The van der Waals surface area contributed by atoms with Crippen LogP contribution in [0.5, 0.6) is 0 Å². The van der Waals surface area contributed by atoms with Gasteiger partial charge in [0.05, 0.1) is 0 Å². The number of carbonyl (C=O) groups excluding carboxylic acids is 1. The van der Waals surface area contributed by atoms with E-state index in [4.69, 9.17) is 4.74 Å². The summed E-state index contributed by atoms with van der Waals surface area (Å²) in [6, 6.07) is 17.3. The lowest BCUT2D eigenvalue weighted by Gasteiger charge is -2.21. The Kier molecular flexibility index (Phi) is 7.30. The Labute approximate surface area is 164 Å². The number of ether oxygens (including phenoxy) is 1. The van der Waals surface area contributed by atoms with Crippen LogP contribution in [-0.2, 0) is 15.3 Å². The molecule has 2 N–H and O–H groups in total. The quantitative estimate of drug-likeness (QED) is 0.728. The number of thioether (sulfide) groups is 1. The number of rotatable bonds is 7. The zero-order valence-corrected chi connectivity index (χ0v) is 16.6. The molecule has 2 rings (SSSR count). The molecule has 0 aromatic heterocycles. The molecule has 0 spiro atoms. The predicted octanol–water partition coefficient (Wildman–Crippen LogP) is 4.56. The highest BCUT2D eigenvalue weighted by atomic mass is 32.2. The second kappa shape index (κ2) is 9.46. The number of alkyl carbamates (subject to hydrolysis) is 1. The van der Waals surface area contributed by atoms with Crippen molar-refractivity contribution in [2.45, 2.75) is 38.2 Å². The highest BCUT2D eigenvalue weighted by Gasteiger charge is 2.23. The molecule has 0 heterocycles. The van der Waals surface area contributed by atoms with Crippen molar-refractivity contribution in [1.29, 1.82) is 0 Å². The minimum atomic E-state index is -1.08. The van der Waals surface area contributed by atoms with Crippen LogP contribution < -0.4 is 5.32 Å². The van der Waals surface area contributed by atoms with Crippen LogP contribution in [0.1, 0.15) is 26.3 Å². The van der Waals surface area contributed by atoms with E-state index < -0.39 is 23.7 Å². The Morgan fingerprint density at radius 3 is 2.19 bits per heavy atom. The molecule has 0 bridgehead atoms. The van der Waals surface area contributed by atoms with Gasteiger partial charge in [-0.25, -0.2) is 9.59 Å². The standard InChI is InChI=1S/C21H25NO4S/c1-21(2,3)26-20(25)22-18(19(23)24)14-27-13-15-9-11-17(12-10-15)16-7-5-4-6-8-16/h4-12,18H,13-14H2,1-3H3,(H,22,25)(H,23,24). The lowest BCUT2D eigenvalue weighted by atomic mass is 10.0. The smallest absolute Gasteiger partial charge is 0.408 e. The molecule has 0 radical (unpaired) electrons. The summed E-state index contributed by atoms with van der Waals surface area (Å²) in [5.41, 5.74) is 2.73. The number of nitrogens with one attached hydrogen (secondary N) is 1. The minimum Gasteiger partial charge on any atom is -0.480 e. The maximum absolute atomic E-state index is 11.8. The molecule has 0 saturated heterocycles. The van der Waals surface area contributed by atoms with Crippen LogP contribution in [0.15, 0.2) is 54.6 Å². The number of hydrogen-bond donors (Lipinski definition) is 2. The molecule has 0 aliphatic rings. The number of carboxylic acid groups (broad SMARTS) is 1. The maximum atomic E-state index is 11.8. The fourth-order valence-electron chi connectivity index (χ4n) is 2.34. The van der Waals surface area contributed by atoms with E-state index in [1.54, 1.807) is 20.8 Å². The molecule has 2 aromatic carbocycles. The summed E-state index contributed by atoms with van der Waals surface area (Å²) in [5, 5.41) is 11.7. The fraction of sp³-hybridized carbons (Fsp3) is 0.333. The molecule has 5 nitrogen and oxygen atoms in total. The van der Waals surface area contributed by atoms with Crippen LogP contribution in [0.25, 0.3) is 11.1 Å². The third kappa shape index (κ3) is 7.35. The molecule has 0 saturated carbocycles. The number of benzene rings is 2. The van der Waals surface area contributed by atoms with Crippen molar-refractivity contribution in [2.24, 2.45) is 0 Å². The van der Waals surface area contributed by atoms with E-state index in [0.29, 0.717) is 5.75 Å². The number of carboxylic acids is 1. The first-order valence-corrected chi connectivity index (χ1v) is 9.84. The summed E-state index contributed by atoms with van der Waals surface area (Å²) in [6.45, 7) is 5.20. The number of carbonyl (C=O) groups is 2. The number of amides is 1. The van der Waals surface area contributed by atoms with Crippen molar-refractivity contribution >= 4 is 23.8 Å². The van der Waals surface area contributed by atoms with Crippen molar-refractivity contribution in [3.05, 3.63) is 60.2 Å². The Balaban J connectivity index is 1.86. The fourth-order valence-corrected chi connectivity index (χ4v) is 3.35. The van der Waals surface area contributed by atoms with Gasteiger partial charge in [0.15, 0.2) is 0 Å². The summed E-state index contributed by atoms with van der Waals surface area (Å²) >= 11 is 1.45. The van der Waals surface area contributed by atoms with Gasteiger partial charge in [-0.1, -0.05) is 54.6 Å². The van der Waals surface area contributed by atoms with Gasteiger partial charge >= 0.3 is 12.1 Å². The van der Waals surface area contributed by atoms with Crippen molar-refractivity contribution in [3.8, 4) is 11.1 Å². The monoisotopic (exact) mass is 387 g/mol. The second-order valence-electron chi connectivity index (χ2n) is 7.12. The Hall–Kier alpha value is -2.47. The lowest BCUT2D eigenvalue weighted by molar-refractivity contribution is -0.138. The van der Waals surface area contributed by atoms with E-state index >= 15 is 0 Å². The molecule has 0 fully saturated rings. The first-order chi connectivity index (χ1) is 12.7. The molecule has 27 heavy (non-hydrogen) atoms. The van der Waals surface area contributed by atoms with Crippen molar-refractivity contribution in [1.82, 2.24) is 5.32 Å². The number of hydrogen-bond acceptors (Lipinski definition) is 4. The van der Waals surface area contributed by atoms with Gasteiger partial charge in [0.2, 0.25) is 0 Å². The molecule has 1 unspecified atom stereocenters. The summed E-state index contributed by atoms with van der Waals surface area (Å²) in [4.78, 5) is 23.1.